The molecule has 3 aromatic rings. The Hall–Kier alpha value is -3.27. The molecule has 0 heterocycles. The summed E-state index contributed by atoms with van der Waals surface area (Å²) in [6, 6.07) is 27.3. The van der Waals surface area contributed by atoms with Crippen LogP contribution in [0, 0.1) is 0 Å². The molecule has 2 atom stereocenters. The van der Waals surface area contributed by atoms with E-state index in [9.17, 15) is 4.79 Å². The minimum absolute atomic E-state index is 0.0173. The zero-order chi connectivity index (χ0) is 20.8. The number of anilines is 1. The van der Waals surface area contributed by atoms with Gasteiger partial charge in [-0.1, -0.05) is 72.8 Å². The lowest BCUT2D eigenvalue weighted by molar-refractivity contribution is 0.145. The summed E-state index contributed by atoms with van der Waals surface area (Å²) in [6.07, 6.45) is 2.31. The van der Waals surface area contributed by atoms with E-state index >= 15 is 0 Å². The maximum Gasteiger partial charge on any atom is 0.407 e. The average Bonchev–Trinajstić information content (AvgIpc) is 2.77. The number of amides is 1. The number of carbonyl (C=O) groups excluding carboxylic acids is 1. The monoisotopic (exact) mass is 400 g/mol. The number of alkyl carbamates (subject to hydrolysis) is 1. The van der Waals surface area contributed by atoms with Crippen LogP contribution in [-0.4, -0.2) is 18.7 Å². The first-order chi connectivity index (χ1) is 14.7. The van der Waals surface area contributed by atoms with Crippen molar-refractivity contribution >= 4 is 11.8 Å². The van der Waals surface area contributed by atoms with E-state index in [4.69, 9.17) is 4.74 Å². The molecule has 30 heavy (non-hydrogen) atoms. The molecule has 4 rings (SSSR count). The molecule has 0 saturated carbocycles. The molecule has 1 amide bonds. The van der Waals surface area contributed by atoms with Crippen LogP contribution >= 0.6 is 0 Å². The van der Waals surface area contributed by atoms with E-state index in [0.717, 1.165) is 24.9 Å². The quantitative estimate of drug-likeness (QED) is 0.575. The van der Waals surface area contributed by atoms with Crippen LogP contribution in [0.4, 0.5) is 10.5 Å². The smallest absolute Gasteiger partial charge is 0.407 e. The second-order valence-corrected chi connectivity index (χ2v) is 7.65. The maximum atomic E-state index is 12.2. The van der Waals surface area contributed by atoms with Crippen LogP contribution in [0.5, 0.6) is 0 Å². The zero-order valence-electron chi connectivity index (χ0n) is 17.3. The van der Waals surface area contributed by atoms with Gasteiger partial charge >= 0.3 is 6.09 Å². The summed E-state index contributed by atoms with van der Waals surface area (Å²) in [5.41, 5.74) is 6.18. The van der Waals surface area contributed by atoms with Crippen molar-refractivity contribution in [3.05, 3.63) is 101 Å². The minimum Gasteiger partial charge on any atom is -0.450 e. The molecule has 4 nitrogen and oxygen atoms in total. The molecule has 3 aromatic carbocycles. The molecular formula is C26H28N2O2. The summed E-state index contributed by atoms with van der Waals surface area (Å²) >= 11 is 0. The lowest BCUT2D eigenvalue weighted by Crippen LogP contribution is -2.44. The van der Waals surface area contributed by atoms with E-state index in [1.807, 2.05) is 13.0 Å². The van der Waals surface area contributed by atoms with E-state index in [0.29, 0.717) is 6.61 Å². The third-order valence-corrected chi connectivity index (χ3v) is 5.66. The Bertz CT molecular complexity index is 987. The van der Waals surface area contributed by atoms with Crippen LogP contribution in [0.25, 0.3) is 0 Å². The van der Waals surface area contributed by atoms with E-state index < -0.39 is 0 Å². The molecule has 1 aliphatic rings. The van der Waals surface area contributed by atoms with Gasteiger partial charge in [0.05, 0.1) is 18.7 Å². The largest absolute Gasteiger partial charge is 0.450 e. The second-order valence-electron chi connectivity index (χ2n) is 7.65. The summed E-state index contributed by atoms with van der Waals surface area (Å²) in [4.78, 5) is 12.2. The van der Waals surface area contributed by atoms with E-state index in [2.05, 4.69) is 83.4 Å². The number of nitrogens with one attached hydrogen (secondary N) is 2. The number of carbonyl (C=O) groups is 1. The van der Waals surface area contributed by atoms with Crippen LogP contribution in [0.1, 0.15) is 41.6 Å². The van der Waals surface area contributed by atoms with Crippen molar-refractivity contribution in [1.82, 2.24) is 5.32 Å². The normalized spacial score (nSPS) is 17.6. The highest BCUT2D eigenvalue weighted by atomic mass is 16.5. The molecular weight excluding hydrogens is 372 g/mol. The first-order valence-corrected chi connectivity index (χ1v) is 10.6. The first kappa shape index (κ1) is 20.0. The van der Waals surface area contributed by atoms with Crippen LogP contribution < -0.4 is 10.6 Å². The van der Waals surface area contributed by atoms with Gasteiger partial charge in [-0.05, 0) is 54.5 Å². The lowest BCUT2D eigenvalue weighted by atomic mass is 9.83. The van der Waals surface area contributed by atoms with E-state index in [1.165, 1.54) is 22.3 Å². The fraction of sp³-hybridized carbons (Fsp3) is 0.269. The molecule has 0 fully saturated rings. The summed E-state index contributed by atoms with van der Waals surface area (Å²) in [5.74, 6) is 0. The molecule has 1 aliphatic carbocycles. The Kier molecular flexibility index (Phi) is 6.33. The molecule has 0 aliphatic heterocycles. The maximum absolute atomic E-state index is 12.2. The fourth-order valence-corrected chi connectivity index (χ4v) is 4.22. The Morgan fingerprint density at radius 2 is 1.70 bits per heavy atom. The predicted molar refractivity (Wildman–Crippen MR) is 121 cm³/mol. The van der Waals surface area contributed by atoms with Gasteiger partial charge < -0.3 is 15.4 Å². The second kappa shape index (κ2) is 9.49. The number of hydrogen-bond donors (Lipinski definition) is 2. The number of benzene rings is 3. The Morgan fingerprint density at radius 1 is 0.967 bits per heavy atom. The third-order valence-electron chi connectivity index (χ3n) is 5.66. The molecule has 0 saturated heterocycles. The number of para-hydroxylation sites is 1. The van der Waals surface area contributed by atoms with E-state index in [-0.39, 0.29) is 18.2 Å². The highest BCUT2D eigenvalue weighted by Crippen LogP contribution is 2.34. The molecule has 0 bridgehead atoms. The highest BCUT2D eigenvalue weighted by molar-refractivity contribution is 5.68. The lowest BCUT2D eigenvalue weighted by Gasteiger charge is -2.35. The van der Waals surface area contributed by atoms with Crippen molar-refractivity contribution in [3.63, 3.8) is 0 Å². The SMILES string of the molecule is CCOC(=O)NC1CCc2ccccc2C1Nc1ccccc1Cc1ccccc1. The van der Waals surface area contributed by atoms with Gasteiger partial charge in [0, 0.05) is 5.69 Å². The van der Waals surface area contributed by atoms with Crippen LogP contribution in [0.2, 0.25) is 0 Å². The molecule has 154 valence electrons. The fourth-order valence-electron chi connectivity index (χ4n) is 4.22. The number of rotatable bonds is 6. The van der Waals surface area contributed by atoms with Crippen LogP contribution in [-0.2, 0) is 17.6 Å². The van der Waals surface area contributed by atoms with E-state index in [1.54, 1.807) is 0 Å². The van der Waals surface area contributed by atoms with Gasteiger partial charge in [-0.15, -0.1) is 0 Å². The summed E-state index contributed by atoms with van der Waals surface area (Å²) in [7, 11) is 0. The molecule has 4 heteroatoms. The number of aryl methyl sites for hydroxylation is 1. The Balaban J connectivity index is 1.63. The predicted octanol–water partition coefficient (Wildman–Crippen LogP) is 5.49. The van der Waals surface area contributed by atoms with Crippen molar-refractivity contribution in [3.8, 4) is 0 Å². The van der Waals surface area contributed by atoms with Crippen molar-refractivity contribution in [2.45, 2.75) is 38.3 Å². The number of ether oxygens (including phenoxy) is 1. The number of hydrogen-bond acceptors (Lipinski definition) is 3. The molecule has 0 aromatic heterocycles. The van der Waals surface area contributed by atoms with Crippen molar-refractivity contribution in [2.75, 3.05) is 11.9 Å². The van der Waals surface area contributed by atoms with Gasteiger partial charge in [0.2, 0.25) is 0 Å². The van der Waals surface area contributed by atoms with Crippen LogP contribution in [0.15, 0.2) is 78.9 Å². The average molecular weight is 401 g/mol. The van der Waals surface area contributed by atoms with Crippen LogP contribution in [0.3, 0.4) is 0 Å². The standard InChI is InChI=1S/C26H28N2O2/c1-2-30-26(29)28-24-17-16-20-12-6-8-14-22(20)25(24)27-23-15-9-7-13-21(23)18-19-10-4-3-5-11-19/h3-15,24-25,27H,2,16-18H2,1H3,(H,28,29). The first-order valence-electron chi connectivity index (χ1n) is 10.6. The van der Waals surface area contributed by atoms with Gasteiger partial charge in [0.15, 0.2) is 0 Å². The van der Waals surface area contributed by atoms with Gasteiger partial charge in [-0.25, -0.2) is 4.79 Å². The topological polar surface area (TPSA) is 50.4 Å². The van der Waals surface area contributed by atoms with Gasteiger partial charge in [-0.3, -0.25) is 0 Å². The van der Waals surface area contributed by atoms with Crippen molar-refractivity contribution < 1.29 is 9.53 Å². The minimum atomic E-state index is -0.355. The molecule has 0 radical (unpaired) electrons. The van der Waals surface area contributed by atoms with Crippen molar-refractivity contribution in [2.24, 2.45) is 0 Å². The summed E-state index contributed by atoms with van der Waals surface area (Å²) in [5, 5.41) is 6.83. The molecule has 0 spiro atoms. The van der Waals surface area contributed by atoms with Gasteiger partial charge in [-0.2, -0.15) is 0 Å². The zero-order valence-corrected chi connectivity index (χ0v) is 17.3. The Labute approximate surface area is 178 Å². The number of fused-ring (bicyclic) bond motifs is 1. The third kappa shape index (κ3) is 4.65. The van der Waals surface area contributed by atoms with Crippen molar-refractivity contribution in [1.29, 1.82) is 0 Å². The molecule has 2 N–H and O–H groups in total. The van der Waals surface area contributed by atoms with Gasteiger partial charge in [0.1, 0.15) is 0 Å². The summed E-state index contributed by atoms with van der Waals surface area (Å²) < 4.78 is 5.16. The Morgan fingerprint density at radius 3 is 2.53 bits per heavy atom. The molecule has 2 unspecified atom stereocenters. The van der Waals surface area contributed by atoms with Gasteiger partial charge in [0.25, 0.3) is 0 Å². The highest BCUT2D eigenvalue weighted by Gasteiger charge is 2.31. The summed E-state index contributed by atoms with van der Waals surface area (Å²) in [6.45, 7) is 2.19.